The minimum atomic E-state index is -0.124. The SMILES string of the molecule is CCCc1cc(=O)n2nc(NCc3ccc(Br)cc3)sc2n1. The molecule has 0 aliphatic heterocycles. The smallest absolute Gasteiger partial charge is 0.275 e. The van der Waals surface area contributed by atoms with Gasteiger partial charge >= 0.3 is 0 Å². The maximum Gasteiger partial charge on any atom is 0.275 e. The van der Waals surface area contributed by atoms with Crippen LogP contribution >= 0.6 is 27.3 Å². The van der Waals surface area contributed by atoms with Crippen LogP contribution in [0.15, 0.2) is 39.6 Å². The highest BCUT2D eigenvalue weighted by Gasteiger charge is 2.08. The lowest BCUT2D eigenvalue weighted by atomic mass is 10.2. The van der Waals surface area contributed by atoms with Crippen molar-refractivity contribution >= 4 is 37.4 Å². The molecule has 7 heteroatoms. The lowest BCUT2D eigenvalue weighted by Gasteiger charge is -2.01. The van der Waals surface area contributed by atoms with Crippen LogP contribution in [0.1, 0.15) is 24.6 Å². The Bertz CT molecular complexity index is 841. The second-order valence-electron chi connectivity index (χ2n) is 4.92. The van der Waals surface area contributed by atoms with Crippen molar-refractivity contribution in [2.45, 2.75) is 26.3 Å². The van der Waals surface area contributed by atoms with E-state index in [-0.39, 0.29) is 5.56 Å². The molecule has 0 aliphatic rings. The molecule has 0 saturated carbocycles. The van der Waals surface area contributed by atoms with Crippen LogP contribution < -0.4 is 10.9 Å². The van der Waals surface area contributed by atoms with Crippen LogP contribution in [0, 0.1) is 0 Å². The van der Waals surface area contributed by atoms with Crippen molar-refractivity contribution in [2.75, 3.05) is 5.32 Å². The first-order chi connectivity index (χ1) is 10.7. The minimum Gasteiger partial charge on any atom is -0.356 e. The van der Waals surface area contributed by atoms with E-state index in [1.165, 1.54) is 15.9 Å². The van der Waals surface area contributed by atoms with Gasteiger partial charge in [0.1, 0.15) is 0 Å². The molecular weight excluding hydrogens is 364 g/mol. The van der Waals surface area contributed by atoms with Gasteiger partial charge in [-0.1, -0.05) is 52.7 Å². The summed E-state index contributed by atoms with van der Waals surface area (Å²) < 4.78 is 2.41. The zero-order valence-corrected chi connectivity index (χ0v) is 14.4. The van der Waals surface area contributed by atoms with Crippen LogP contribution in [0.25, 0.3) is 4.96 Å². The van der Waals surface area contributed by atoms with E-state index >= 15 is 0 Å². The summed E-state index contributed by atoms with van der Waals surface area (Å²) in [7, 11) is 0. The summed E-state index contributed by atoms with van der Waals surface area (Å²) in [6.45, 7) is 2.73. The number of hydrogen-bond acceptors (Lipinski definition) is 5. The van der Waals surface area contributed by atoms with E-state index < -0.39 is 0 Å². The predicted octanol–water partition coefficient (Wildman–Crippen LogP) is 3.48. The van der Waals surface area contributed by atoms with Crippen molar-refractivity contribution in [1.29, 1.82) is 0 Å². The molecule has 0 unspecified atom stereocenters. The zero-order valence-electron chi connectivity index (χ0n) is 12.0. The Morgan fingerprint density at radius 1 is 1.32 bits per heavy atom. The highest BCUT2D eigenvalue weighted by Crippen LogP contribution is 2.18. The van der Waals surface area contributed by atoms with Gasteiger partial charge in [0.05, 0.1) is 0 Å². The van der Waals surface area contributed by atoms with E-state index in [0.717, 1.165) is 28.6 Å². The number of benzene rings is 1. The van der Waals surface area contributed by atoms with Crippen molar-refractivity contribution in [3.8, 4) is 0 Å². The second kappa shape index (κ2) is 6.58. The molecule has 0 saturated heterocycles. The molecule has 3 rings (SSSR count). The van der Waals surface area contributed by atoms with Gasteiger partial charge < -0.3 is 5.32 Å². The first kappa shape index (κ1) is 15.2. The van der Waals surface area contributed by atoms with Gasteiger partial charge in [0, 0.05) is 22.8 Å². The summed E-state index contributed by atoms with van der Waals surface area (Å²) in [5.74, 6) is 0. The fourth-order valence-electron chi connectivity index (χ4n) is 2.09. The van der Waals surface area contributed by atoms with E-state index in [0.29, 0.717) is 16.6 Å². The Hall–Kier alpha value is -1.73. The number of anilines is 1. The Morgan fingerprint density at radius 3 is 2.82 bits per heavy atom. The van der Waals surface area contributed by atoms with Crippen LogP contribution in [-0.2, 0) is 13.0 Å². The molecule has 0 spiro atoms. The van der Waals surface area contributed by atoms with E-state index in [4.69, 9.17) is 0 Å². The largest absolute Gasteiger partial charge is 0.356 e. The number of nitrogens with one attached hydrogen (secondary N) is 1. The second-order valence-corrected chi connectivity index (χ2v) is 6.79. The molecule has 0 fully saturated rings. The van der Waals surface area contributed by atoms with Crippen molar-refractivity contribution in [2.24, 2.45) is 0 Å². The highest BCUT2D eigenvalue weighted by molar-refractivity contribution is 9.10. The molecule has 22 heavy (non-hydrogen) atoms. The lowest BCUT2D eigenvalue weighted by Crippen LogP contribution is -2.15. The molecule has 2 aromatic heterocycles. The fourth-order valence-corrected chi connectivity index (χ4v) is 3.18. The highest BCUT2D eigenvalue weighted by atomic mass is 79.9. The standard InChI is InChI=1S/C15H15BrN4OS/c1-2-3-12-8-13(21)20-15(18-12)22-14(19-20)17-9-10-4-6-11(16)7-5-10/h4-8H,2-3,9H2,1H3,(H,17,19). The van der Waals surface area contributed by atoms with Crippen LogP contribution in [0.4, 0.5) is 5.13 Å². The molecule has 1 N–H and O–H groups in total. The number of halogens is 1. The van der Waals surface area contributed by atoms with E-state index in [2.05, 4.69) is 38.3 Å². The lowest BCUT2D eigenvalue weighted by molar-refractivity contribution is 0.839. The maximum atomic E-state index is 12.0. The van der Waals surface area contributed by atoms with Gasteiger partial charge in [0.15, 0.2) is 0 Å². The molecule has 2 heterocycles. The predicted molar refractivity (Wildman–Crippen MR) is 92.6 cm³/mol. The maximum absolute atomic E-state index is 12.0. The third-order valence-electron chi connectivity index (χ3n) is 3.16. The van der Waals surface area contributed by atoms with Crippen LogP contribution in [0.3, 0.4) is 0 Å². The molecular formula is C15H15BrN4OS. The van der Waals surface area contributed by atoms with Gasteiger partial charge in [-0.15, -0.1) is 5.10 Å². The Labute approximate surface area is 140 Å². The van der Waals surface area contributed by atoms with Gasteiger partial charge in [0.25, 0.3) is 5.56 Å². The fraction of sp³-hybridized carbons (Fsp3) is 0.267. The summed E-state index contributed by atoms with van der Waals surface area (Å²) in [6.07, 6.45) is 1.78. The van der Waals surface area contributed by atoms with Gasteiger partial charge in [-0.3, -0.25) is 4.79 Å². The van der Waals surface area contributed by atoms with Crippen molar-refractivity contribution < 1.29 is 0 Å². The first-order valence-electron chi connectivity index (χ1n) is 7.04. The van der Waals surface area contributed by atoms with Crippen molar-refractivity contribution in [3.05, 3.63) is 56.4 Å². The monoisotopic (exact) mass is 378 g/mol. The van der Waals surface area contributed by atoms with Crippen LogP contribution in [-0.4, -0.2) is 14.6 Å². The molecule has 0 aliphatic carbocycles. The molecule has 0 amide bonds. The minimum absolute atomic E-state index is 0.124. The molecule has 0 radical (unpaired) electrons. The molecule has 0 bridgehead atoms. The first-order valence-corrected chi connectivity index (χ1v) is 8.65. The number of hydrogen-bond donors (Lipinski definition) is 1. The average Bonchev–Trinajstić information content (AvgIpc) is 2.91. The topological polar surface area (TPSA) is 59.3 Å². The van der Waals surface area contributed by atoms with E-state index in [1.54, 1.807) is 6.07 Å². The summed E-state index contributed by atoms with van der Waals surface area (Å²) in [5.41, 5.74) is 1.85. The molecule has 3 aromatic rings. The van der Waals surface area contributed by atoms with Crippen molar-refractivity contribution in [3.63, 3.8) is 0 Å². The third-order valence-corrected chi connectivity index (χ3v) is 4.56. The van der Waals surface area contributed by atoms with Crippen LogP contribution in [0.2, 0.25) is 0 Å². The third kappa shape index (κ3) is 3.36. The van der Waals surface area contributed by atoms with Crippen LogP contribution in [0.5, 0.6) is 0 Å². The summed E-state index contributed by atoms with van der Waals surface area (Å²) in [5, 5.41) is 8.22. The van der Waals surface area contributed by atoms with E-state index in [9.17, 15) is 4.79 Å². The molecule has 5 nitrogen and oxygen atoms in total. The summed E-state index contributed by atoms with van der Waals surface area (Å²) in [6, 6.07) is 9.63. The van der Waals surface area contributed by atoms with Gasteiger partial charge in [-0.2, -0.15) is 4.52 Å². The number of nitrogens with zero attached hydrogens (tertiary/aromatic N) is 3. The zero-order chi connectivity index (χ0) is 15.5. The Morgan fingerprint density at radius 2 is 2.09 bits per heavy atom. The molecule has 1 aromatic carbocycles. The van der Waals surface area contributed by atoms with Gasteiger partial charge in [0.2, 0.25) is 10.1 Å². The quantitative estimate of drug-likeness (QED) is 0.738. The molecule has 0 atom stereocenters. The number of aryl methyl sites for hydroxylation is 1. The Kier molecular flexibility index (Phi) is 4.54. The number of fused-ring (bicyclic) bond motifs is 1. The normalized spacial score (nSPS) is 11.0. The average molecular weight is 379 g/mol. The summed E-state index contributed by atoms with van der Waals surface area (Å²) in [4.78, 5) is 17.2. The summed E-state index contributed by atoms with van der Waals surface area (Å²) >= 11 is 4.81. The number of rotatable bonds is 5. The van der Waals surface area contributed by atoms with Crippen molar-refractivity contribution in [1.82, 2.24) is 14.6 Å². The number of aromatic nitrogens is 3. The van der Waals surface area contributed by atoms with E-state index in [1.807, 2.05) is 24.3 Å². The Balaban J connectivity index is 1.81. The van der Waals surface area contributed by atoms with Gasteiger partial charge in [-0.25, -0.2) is 4.98 Å². The van der Waals surface area contributed by atoms with Gasteiger partial charge in [-0.05, 0) is 24.1 Å². The molecule has 114 valence electrons.